The van der Waals surface area contributed by atoms with Crippen molar-refractivity contribution in [2.24, 2.45) is 0 Å². The summed E-state index contributed by atoms with van der Waals surface area (Å²) >= 11 is -1.87. The summed E-state index contributed by atoms with van der Waals surface area (Å²) in [4.78, 5) is 16.6. The number of piperidine rings is 1. The van der Waals surface area contributed by atoms with Crippen LogP contribution in [0.4, 0.5) is 16.2 Å². The molecule has 0 spiro atoms. The Hall–Kier alpha value is -2.62. The molecule has 0 radical (unpaired) electrons. The standard InChI is InChI=1S/C22H24N2O6S/c1-22(2,3)28-21(25)23-12-16(20-19(13-23)29-31(26)30-20)24-14-8-4-6-10-17(14)27-18-11-7-5-9-15(18)24/h4-11,16,19-20H,12-13H2,1-3H3/t16-,19?,20?,31?/m0/s1. The van der Waals surface area contributed by atoms with Crippen LogP contribution < -0.4 is 9.64 Å². The third-order valence-electron chi connectivity index (χ3n) is 5.40. The molecule has 3 unspecified atom stereocenters. The van der Waals surface area contributed by atoms with Gasteiger partial charge in [-0.2, -0.15) is 4.21 Å². The lowest BCUT2D eigenvalue weighted by Crippen LogP contribution is -2.61. The molecule has 164 valence electrons. The van der Waals surface area contributed by atoms with E-state index in [1.165, 1.54) is 0 Å². The van der Waals surface area contributed by atoms with Gasteiger partial charge in [-0.15, -0.1) is 0 Å². The van der Waals surface area contributed by atoms with Gasteiger partial charge in [0, 0.05) is 6.54 Å². The van der Waals surface area contributed by atoms with Crippen molar-refractivity contribution < 1.29 is 26.8 Å². The van der Waals surface area contributed by atoms with E-state index in [9.17, 15) is 9.00 Å². The topological polar surface area (TPSA) is 77.5 Å². The van der Waals surface area contributed by atoms with Gasteiger partial charge in [0.05, 0.1) is 24.0 Å². The lowest BCUT2D eigenvalue weighted by molar-refractivity contribution is -0.00656. The lowest BCUT2D eigenvalue weighted by Gasteiger charge is -2.46. The van der Waals surface area contributed by atoms with Crippen LogP contribution in [-0.2, 0) is 24.5 Å². The van der Waals surface area contributed by atoms with Gasteiger partial charge in [-0.25, -0.2) is 4.79 Å². The van der Waals surface area contributed by atoms with Crippen LogP contribution in [0.15, 0.2) is 48.5 Å². The summed E-state index contributed by atoms with van der Waals surface area (Å²) < 4.78 is 35.0. The molecule has 2 aromatic carbocycles. The fourth-order valence-corrected chi connectivity index (χ4v) is 5.04. The van der Waals surface area contributed by atoms with Gasteiger partial charge in [-0.05, 0) is 45.0 Å². The number of carbonyl (C=O) groups excluding carboxylic acids is 1. The lowest BCUT2D eigenvalue weighted by atomic mass is 9.96. The average Bonchev–Trinajstić information content (AvgIpc) is 3.10. The number of fused-ring (bicyclic) bond motifs is 3. The highest BCUT2D eigenvalue weighted by atomic mass is 32.2. The highest BCUT2D eigenvalue weighted by Crippen LogP contribution is 2.49. The number of rotatable bonds is 1. The van der Waals surface area contributed by atoms with E-state index in [1.807, 2.05) is 69.3 Å². The summed E-state index contributed by atoms with van der Waals surface area (Å²) in [7, 11) is 0. The van der Waals surface area contributed by atoms with E-state index < -0.39 is 35.3 Å². The average molecular weight is 445 g/mol. The second kappa shape index (κ2) is 7.51. The van der Waals surface area contributed by atoms with Gasteiger partial charge in [0.2, 0.25) is 0 Å². The first-order valence-corrected chi connectivity index (χ1v) is 11.2. The van der Waals surface area contributed by atoms with Crippen molar-refractivity contribution in [1.82, 2.24) is 4.90 Å². The molecule has 31 heavy (non-hydrogen) atoms. The van der Waals surface area contributed by atoms with Crippen LogP contribution in [0.1, 0.15) is 20.8 Å². The maximum absolute atomic E-state index is 12.9. The molecule has 0 saturated carbocycles. The summed E-state index contributed by atoms with van der Waals surface area (Å²) in [5.41, 5.74) is 1.06. The van der Waals surface area contributed by atoms with Gasteiger partial charge in [0.15, 0.2) is 11.5 Å². The molecule has 9 heteroatoms. The van der Waals surface area contributed by atoms with Crippen molar-refractivity contribution in [1.29, 1.82) is 0 Å². The van der Waals surface area contributed by atoms with Gasteiger partial charge >= 0.3 is 17.5 Å². The minimum atomic E-state index is -1.87. The summed E-state index contributed by atoms with van der Waals surface area (Å²) in [6, 6.07) is 15.0. The van der Waals surface area contributed by atoms with E-state index in [4.69, 9.17) is 17.8 Å². The maximum atomic E-state index is 12.9. The number of anilines is 2. The van der Waals surface area contributed by atoms with Crippen LogP contribution in [-0.4, -0.2) is 52.1 Å². The number of nitrogens with zero attached hydrogens (tertiary/aromatic N) is 2. The van der Waals surface area contributed by atoms with Crippen LogP contribution >= 0.6 is 0 Å². The Morgan fingerprint density at radius 1 is 1.00 bits per heavy atom. The molecule has 8 nitrogen and oxygen atoms in total. The Labute approximate surface area is 183 Å². The van der Waals surface area contributed by atoms with Gasteiger partial charge in [-0.3, -0.25) is 8.37 Å². The number of para-hydroxylation sites is 4. The van der Waals surface area contributed by atoms with Gasteiger partial charge in [0.25, 0.3) is 0 Å². The van der Waals surface area contributed by atoms with Crippen LogP contribution in [0.2, 0.25) is 0 Å². The number of ether oxygens (including phenoxy) is 2. The number of likely N-dealkylation sites (tertiary alicyclic amines) is 1. The Balaban J connectivity index is 1.56. The summed E-state index contributed by atoms with van der Waals surface area (Å²) in [5, 5.41) is 0. The van der Waals surface area contributed by atoms with Crippen molar-refractivity contribution in [3.8, 4) is 11.5 Å². The van der Waals surface area contributed by atoms with Gasteiger partial charge in [-0.1, -0.05) is 24.3 Å². The third kappa shape index (κ3) is 3.77. The Kier molecular flexibility index (Phi) is 4.91. The minimum Gasteiger partial charge on any atom is -0.453 e. The Morgan fingerprint density at radius 2 is 1.61 bits per heavy atom. The van der Waals surface area contributed by atoms with E-state index in [1.54, 1.807) is 4.90 Å². The molecular weight excluding hydrogens is 420 g/mol. The van der Waals surface area contributed by atoms with E-state index in [-0.39, 0.29) is 12.6 Å². The van der Waals surface area contributed by atoms with E-state index in [0.29, 0.717) is 18.0 Å². The molecule has 5 rings (SSSR count). The fourth-order valence-electron chi connectivity index (χ4n) is 4.19. The van der Waals surface area contributed by atoms with Crippen LogP contribution in [0.25, 0.3) is 0 Å². The molecule has 0 aliphatic carbocycles. The highest BCUT2D eigenvalue weighted by molar-refractivity contribution is 7.75. The second-order valence-electron chi connectivity index (χ2n) is 8.76. The van der Waals surface area contributed by atoms with Crippen molar-refractivity contribution in [2.75, 3.05) is 18.0 Å². The summed E-state index contributed by atoms with van der Waals surface area (Å²) in [5.74, 6) is 1.40. The molecule has 3 aliphatic rings. The third-order valence-corrected chi connectivity index (χ3v) is 6.18. The number of amides is 1. The Morgan fingerprint density at radius 3 is 2.23 bits per heavy atom. The van der Waals surface area contributed by atoms with Gasteiger partial charge in [0.1, 0.15) is 17.8 Å². The summed E-state index contributed by atoms with van der Waals surface area (Å²) in [6.45, 7) is 6.05. The first kappa shape index (κ1) is 20.3. The smallest absolute Gasteiger partial charge is 0.410 e. The number of hydrogen-bond acceptors (Lipinski definition) is 7. The number of hydrogen-bond donors (Lipinski definition) is 0. The molecule has 0 N–H and O–H groups in total. The van der Waals surface area contributed by atoms with E-state index in [2.05, 4.69) is 4.90 Å². The van der Waals surface area contributed by atoms with Gasteiger partial charge < -0.3 is 19.3 Å². The molecular formula is C22H24N2O6S. The molecule has 3 aliphatic heterocycles. The molecule has 1 amide bonds. The quantitative estimate of drug-likeness (QED) is 0.660. The SMILES string of the molecule is CC(C)(C)OC(=O)N1CC2OS(=O)OC2[C@@H](N2c3ccccc3Oc3ccccc32)C1. The zero-order valence-electron chi connectivity index (χ0n) is 17.5. The number of carbonyl (C=O) groups is 1. The largest absolute Gasteiger partial charge is 0.453 e. The molecule has 2 saturated heterocycles. The van der Waals surface area contributed by atoms with E-state index >= 15 is 0 Å². The molecule has 0 aromatic heterocycles. The molecule has 2 fully saturated rings. The van der Waals surface area contributed by atoms with Crippen molar-refractivity contribution in [3.05, 3.63) is 48.5 Å². The monoisotopic (exact) mass is 444 g/mol. The minimum absolute atomic E-state index is 0.245. The van der Waals surface area contributed by atoms with Crippen molar-refractivity contribution in [2.45, 2.75) is 44.6 Å². The molecule has 0 bridgehead atoms. The molecule has 4 atom stereocenters. The van der Waals surface area contributed by atoms with Crippen molar-refractivity contribution in [3.63, 3.8) is 0 Å². The number of benzene rings is 2. The van der Waals surface area contributed by atoms with E-state index in [0.717, 1.165) is 11.4 Å². The van der Waals surface area contributed by atoms with Crippen LogP contribution in [0.5, 0.6) is 11.5 Å². The Bertz CT molecular complexity index is 993. The zero-order valence-corrected chi connectivity index (χ0v) is 18.3. The fraction of sp³-hybridized carbons (Fsp3) is 0.409. The van der Waals surface area contributed by atoms with Crippen LogP contribution in [0.3, 0.4) is 0 Å². The summed E-state index contributed by atoms with van der Waals surface area (Å²) in [6.07, 6.45) is -1.46. The molecule has 3 heterocycles. The normalized spacial score (nSPS) is 27.1. The maximum Gasteiger partial charge on any atom is 0.410 e. The highest BCUT2D eigenvalue weighted by Gasteiger charge is 2.51. The van der Waals surface area contributed by atoms with Crippen molar-refractivity contribution >= 4 is 28.8 Å². The van der Waals surface area contributed by atoms with Crippen LogP contribution in [0, 0.1) is 0 Å². The molecule has 2 aromatic rings. The predicted octanol–water partition coefficient (Wildman–Crippen LogP) is 3.91. The zero-order chi connectivity index (χ0) is 21.8. The predicted molar refractivity (Wildman–Crippen MR) is 115 cm³/mol. The first-order chi connectivity index (χ1) is 14.8. The first-order valence-electron chi connectivity index (χ1n) is 10.2. The second-order valence-corrected chi connectivity index (χ2v) is 9.55.